The van der Waals surface area contributed by atoms with Gasteiger partial charge in [0.05, 0.1) is 5.56 Å². The maximum atomic E-state index is 11.7. The third-order valence-corrected chi connectivity index (χ3v) is 3.03. The summed E-state index contributed by atoms with van der Waals surface area (Å²) in [4.78, 5) is 11.7. The second kappa shape index (κ2) is 4.74. The molecule has 1 fully saturated rings. The normalized spacial score (nSPS) is 14.8. The highest BCUT2D eigenvalue weighted by Crippen LogP contribution is 2.31. The van der Waals surface area contributed by atoms with E-state index in [2.05, 4.69) is 5.32 Å². The van der Waals surface area contributed by atoms with Crippen LogP contribution in [0, 0.1) is 5.92 Å². The van der Waals surface area contributed by atoms with Crippen LogP contribution >= 0.6 is 11.6 Å². The van der Waals surface area contributed by atoms with Gasteiger partial charge in [0.15, 0.2) is 0 Å². The fraction of sp³-hybridized carbons (Fsp3) is 0.417. The van der Waals surface area contributed by atoms with Crippen molar-refractivity contribution in [1.82, 2.24) is 5.32 Å². The van der Waals surface area contributed by atoms with Gasteiger partial charge in [-0.1, -0.05) is 24.4 Å². The van der Waals surface area contributed by atoms with Gasteiger partial charge < -0.3 is 11.1 Å². The molecule has 0 unspecified atom stereocenters. The van der Waals surface area contributed by atoms with E-state index in [9.17, 15) is 4.79 Å². The maximum Gasteiger partial charge on any atom is 0.253 e. The predicted molar refractivity (Wildman–Crippen MR) is 65.5 cm³/mol. The number of benzene rings is 1. The van der Waals surface area contributed by atoms with Gasteiger partial charge in [-0.3, -0.25) is 4.79 Å². The predicted octanol–water partition coefficient (Wildman–Crippen LogP) is 2.45. The molecule has 3 nitrogen and oxygen atoms in total. The molecule has 1 saturated carbocycles. The molecule has 1 aromatic rings. The van der Waals surface area contributed by atoms with Crippen molar-refractivity contribution in [3.8, 4) is 0 Å². The van der Waals surface area contributed by atoms with E-state index in [-0.39, 0.29) is 5.91 Å². The van der Waals surface area contributed by atoms with Gasteiger partial charge >= 0.3 is 0 Å². The Kier molecular flexibility index (Phi) is 3.34. The summed E-state index contributed by atoms with van der Waals surface area (Å²) in [6, 6.07) is 4.93. The van der Waals surface area contributed by atoms with Crippen LogP contribution in [-0.4, -0.2) is 12.5 Å². The Morgan fingerprint density at radius 1 is 1.50 bits per heavy atom. The van der Waals surface area contributed by atoms with Gasteiger partial charge in [-0.15, -0.1) is 0 Å². The minimum atomic E-state index is -0.116. The average Bonchev–Trinajstić information content (AvgIpc) is 3.01. The summed E-state index contributed by atoms with van der Waals surface area (Å²) in [6.07, 6.45) is 3.68. The van der Waals surface area contributed by atoms with Crippen molar-refractivity contribution in [1.29, 1.82) is 0 Å². The van der Waals surface area contributed by atoms with E-state index in [0.717, 1.165) is 18.9 Å². The number of amides is 1. The number of carbonyl (C=O) groups excluding carboxylic acids is 1. The van der Waals surface area contributed by atoms with E-state index in [1.807, 2.05) is 0 Å². The van der Waals surface area contributed by atoms with Crippen molar-refractivity contribution in [3.63, 3.8) is 0 Å². The van der Waals surface area contributed by atoms with Crippen molar-refractivity contribution in [2.45, 2.75) is 19.3 Å². The first kappa shape index (κ1) is 11.3. The molecule has 1 aromatic carbocycles. The van der Waals surface area contributed by atoms with Gasteiger partial charge in [-0.25, -0.2) is 0 Å². The Bertz CT molecular complexity index is 402. The maximum absolute atomic E-state index is 11.7. The Labute approximate surface area is 100.0 Å². The van der Waals surface area contributed by atoms with E-state index in [1.165, 1.54) is 12.8 Å². The Morgan fingerprint density at radius 3 is 2.88 bits per heavy atom. The van der Waals surface area contributed by atoms with Crippen LogP contribution in [0.25, 0.3) is 0 Å². The second-order valence-corrected chi connectivity index (χ2v) is 4.66. The van der Waals surface area contributed by atoms with Crippen LogP contribution in [0.2, 0.25) is 5.02 Å². The van der Waals surface area contributed by atoms with Crippen molar-refractivity contribution in [3.05, 3.63) is 28.8 Å². The Hall–Kier alpha value is -1.22. The molecule has 1 aliphatic rings. The topological polar surface area (TPSA) is 55.1 Å². The lowest BCUT2D eigenvalue weighted by molar-refractivity contribution is 0.0953. The number of anilines is 1. The van der Waals surface area contributed by atoms with Gasteiger partial charge in [0.1, 0.15) is 0 Å². The molecule has 0 spiro atoms. The van der Waals surface area contributed by atoms with Crippen molar-refractivity contribution < 1.29 is 4.79 Å². The molecule has 0 bridgehead atoms. The molecule has 2 rings (SSSR count). The quantitative estimate of drug-likeness (QED) is 0.792. The fourth-order valence-corrected chi connectivity index (χ4v) is 1.81. The van der Waals surface area contributed by atoms with Crippen LogP contribution < -0.4 is 11.1 Å². The number of hydrogen-bond acceptors (Lipinski definition) is 2. The lowest BCUT2D eigenvalue weighted by atomic mass is 10.1. The highest BCUT2D eigenvalue weighted by Gasteiger charge is 2.20. The molecule has 0 aliphatic heterocycles. The number of hydrogen-bond donors (Lipinski definition) is 2. The molecule has 1 amide bonds. The first-order valence-corrected chi connectivity index (χ1v) is 5.88. The summed E-state index contributed by atoms with van der Waals surface area (Å²) in [6.45, 7) is 0.728. The first-order chi connectivity index (χ1) is 7.66. The van der Waals surface area contributed by atoms with Crippen molar-refractivity contribution in [2.75, 3.05) is 12.3 Å². The van der Waals surface area contributed by atoms with Gasteiger partial charge in [-0.05, 0) is 30.5 Å². The van der Waals surface area contributed by atoms with Crippen molar-refractivity contribution >= 4 is 23.2 Å². The highest BCUT2D eigenvalue weighted by atomic mass is 35.5. The summed E-state index contributed by atoms with van der Waals surface area (Å²) >= 11 is 5.76. The molecule has 0 saturated heterocycles. The average molecular weight is 239 g/mol. The summed E-state index contributed by atoms with van der Waals surface area (Å²) in [5.41, 5.74) is 6.65. The summed E-state index contributed by atoms with van der Waals surface area (Å²) in [5, 5.41) is 3.42. The van der Waals surface area contributed by atoms with E-state index in [1.54, 1.807) is 18.2 Å². The molecule has 1 aliphatic carbocycles. The lowest BCUT2D eigenvalue weighted by Crippen LogP contribution is -2.25. The molecule has 3 N–H and O–H groups in total. The largest absolute Gasteiger partial charge is 0.398 e. The number of carbonyl (C=O) groups is 1. The van der Waals surface area contributed by atoms with Crippen LogP contribution in [0.4, 0.5) is 5.69 Å². The van der Waals surface area contributed by atoms with Crippen molar-refractivity contribution in [2.24, 2.45) is 5.92 Å². The highest BCUT2D eigenvalue weighted by molar-refractivity contribution is 6.31. The molecule has 0 aromatic heterocycles. The van der Waals surface area contributed by atoms with E-state index in [4.69, 9.17) is 17.3 Å². The van der Waals surface area contributed by atoms with E-state index < -0.39 is 0 Å². The molecule has 0 heterocycles. The number of halogens is 1. The zero-order chi connectivity index (χ0) is 11.5. The van der Waals surface area contributed by atoms with Gasteiger partial charge in [0.25, 0.3) is 5.91 Å². The number of rotatable bonds is 4. The number of nitrogens with one attached hydrogen (secondary N) is 1. The third-order valence-electron chi connectivity index (χ3n) is 2.79. The lowest BCUT2D eigenvalue weighted by Gasteiger charge is -2.07. The third kappa shape index (κ3) is 2.89. The zero-order valence-electron chi connectivity index (χ0n) is 9.00. The zero-order valence-corrected chi connectivity index (χ0v) is 9.76. The Morgan fingerprint density at radius 2 is 2.25 bits per heavy atom. The minimum absolute atomic E-state index is 0.116. The van der Waals surface area contributed by atoms with Gasteiger partial charge in [0.2, 0.25) is 0 Å². The number of nitrogen functional groups attached to an aromatic ring is 1. The van der Waals surface area contributed by atoms with Crippen LogP contribution in [0.1, 0.15) is 29.6 Å². The van der Waals surface area contributed by atoms with Crippen LogP contribution in [-0.2, 0) is 0 Å². The molecule has 86 valence electrons. The SMILES string of the molecule is Nc1cc(Cl)ccc1C(=O)NCCC1CC1. The fourth-order valence-electron chi connectivity index (χ4n) is 1.63. The molecule has 4 heteroatoms. The molecule has 16 heavy (non-hydrogen) atoms. The van der Waals surface area contributed by atoms with E-state index >= 15 is 0 Å². The van der Waals surface area contributed by atoms with Gasteiger partial charge in [-0.2, -0.15) is 0 Å². The monoisotopic (exact) mass is 238 g/mol. The summed E-state index contributed by atoms with van der Waals surface area (Å²) in [7, 11) is 0. The Balaban J connectivity index is 1.91. The smallest absolute Gasteiger partial charge is 0.253 e. The second-order valence-electron chi connectivity index (χ2n) is 4.22. The number of nitrogens with two attached hydrogens (primary N) is 1. The van der Waals surface area contributed by atoms with E-state index in [0.29, 0.717) is 16.3 Å². The first-order valence-electron chi connectivity index (χ1n) is 5.50. The standard InChI is InChI=1S/C12H15ClN2O/c13-9-3-4-10(11(14)7-9)12(16)15-6-5-8-1-2-8/h3-4,7-8H,1-2,5-6,14H2,(H,15,16). The van der Waals surface area contributed by atoms with Crippen LogP contribution in [0.5, 0.6) is 0 Å². The van der Waals surface area contributed by atoms with Crippen LogP contribution in [0.3, 0.4) is 0 Å². The van der Waals surface area contributed by atoms with Gasteiger partial charge in [0, 0.05) is 17.3 Å². The molecule has 0 radical (unpaired) electrons. The molecular formula is C12H15ClN2O. The summed E-state index contributed by atoms with van der Waals surface area (Å²) < 4.78 is 0. The minimum Gasteiger partial charge on any atom is -0.398 e. The summed E-state index contributed by atoms with van der Waals surface area (Å²) in [5.74, 6) is 0.706. The van der Waals surface area contributed by atoms with Crippen LogP contribution in [0.15, 0.2) is 18.2 Å². The molecule has 0 atom stereocenters. The molecular weight excluding hydrogens is 224 g/mol.